The Hall–Kier alpha value is -1.88. The van der Waals surface area contributed by atoms with Crippen LogP contribution in [0.3, 0.4) is 0 Å². The average Bonchev–Trinajstić information content (AvgIpc) is 2.84. The van der Waals surface area contributed by atoms with E-state index in [0.717, 1.165) is 18.1 Å². The first kappa shape index (κ1) is 14.5. The van der Waals surface area contributed by atoms with E-state index in [-0.39, 0.29) is 6.04 Å². The summed E-state index contributed by atoms with van der Waals surface area (Å²) in [4.78, 5) is 4.28. The lowest BCUT2D eigenvalue weighted by molar-refractivity contribution is 0.284. The molecule has 1 unspecified atom stereocenters. The van der Waals surface area contributed by atoms with Gasteiger partial charge in [-0.2, -0.15) is 5.10 Å². The van der Waals surface area contributed by atoms with Gasteiger partial charge in [-0.1, -0.05) is 32.0 Å². The van der Waals surface area contributed by atoms with E-state index in [4.69, 9.17) is 10.5 Å². The molecule has 0 amide bonds. The van der Waals surface area contributed by atoms with E-state index < -0.39 is 0 Å². The molecule has 2 rings (SSSR count). The smallest absolute Gasteiger partial charge is 0.138 e. The van der Waals surface area contributed by atoms with Crippen LogP contribution in [0.5, 0.6) is 5.75 Å². The Kier molecular flexibility index (Phi) is 5.12. The van der Waals surface area contributed by atoms with Gasteiger partial charge in [-0.3, -0.25) is 0 Å². The van der Waals surface area contributed by atoms with Gasteiger partial charge in [0.2, 0.25) is 0 Å². The normalized spacial score (nSPS) is 12.6. The summed E-state index contributed by atoms with van der Waals surface area (Å²) in [6.07, 6.45) is 2.25. The number of nitrogens with zero attached hydrogens (tertiary/aromatic N) is 3. The zero-order chi connectivity index (χ0) is 14.4. The van der Waals surface area contributed by atoms with Gasteiger partial charge in [0.1, 0.15) is 24.5 Å². The molecule has 0 aliphatic carbocycles. The molecule has 0 aliphatic heterocycles. The monoisotopic (exact) mass is 274 g/mol. The molecule has 2 aromatic rings. The summed E-state index contributed by atoms with van der Waals surface area (Å²) in [7, 11) is 0. The second-order valence-electron chi connectivity index (χ2n) is 5.34. The van der Waals surface area contributed by atoms with Gasteiger partial charge < -0.3 is 10.5 Å². The van der Waals surface area contributed by atoms with Gasteiger partial charge in [-0.05, 0) is 18.1 Å². The number of para-hydroxylation sites is 1. The molecule has 1 heterocycles. The fourth-order valence-electron chi connectivity index (χ4n) is 1.96. The SMILES string of the molecule is CC(C)Cn1ncnc1CC(N)COc1ccccc1. The summed E-state index contributed by atoms with van der Waals surface area (Å²) in [6.45, 7) is 5.65. The quantitative estimate of drug-likeness (QED) is 0.837. The zero-order valence-electron chi connectivity index (χ0n) is 12.1. The molecular formula is C15H22N4O. The number of hydrogen-bond donors (Lipinski definition) is 1. The lowest BCUT2D eigenvalue weighted by atomic mass is 10.2. The number of ether oxygens (including phenoxy) is 1. The fourth-order valence-corrected chi connectivity index (χ4v) is 1.96. The average molecular weight is 274 g/mol. The van der Waals surface area contributed by atoms with Crippen molar-refractivity contribution in [1.82, 2.24) is 14.8 Å². The van der Waals surface area contributed by atoms with Crippen molar-refractivity contribution in [2.24, 2.45) is 11.7 Å². The summed E-state index contributed by atoms with van der Waals surface area (Å²) >= 11 is 0. The number of rotatable bonds is 7. The van der Waals surface area contributed by atoms with Crippen molar-refractivity contribution in [3.05, 3.63) is 42.5 Å². The minimum absolute atomic E-state index is 0.0923. The van der Waals surface area contributed by atoms with E-state index in [1.165, 1.54) is 0 Å². The molecule has 0 radical (unpaired) electrons. The largest absolute Gasteiger partial charge is 0.492 e. The molecule has 2 N–H and O–H groups in total. The van der Waals surface area contributed by atoms with Crippen molar-refractivity contribution in [2.45, 2.75) is 32.9 Å². The second-order valence-corrected chi connectivity index (χ2v) is 5.34. The van der Waals surface area contributed by atoms with Gasteiger partial charge in [0, 0.05) is 19.0 Å². The van der Waals surface area contributed by atoms with Gasteiger partial charge in [-0.15, -0.1) is 0 Å². The molecule has 5 nitrogen and oxygen atoms in total. The van der Waals surface area contributed by atoms with E-state index in [1.54, 1.807) is 6.33 Å². The molecule has 0 spiro atoms. The van der Waals surface area contributed by atoms with Gasteiger partial charge in [-0.25, -0.2) is 9.67 Å². The lowest BCUT2D eigenvalue weighted by Gasteiger charge is -2.14. The van der Waals surface area contributed by atoms with Crippen molar-refractivity contribution < 1.29 is 4.74 Å². The molecule has 108 valence electrons. The predicted octanol–water partition coefficient (Wildman–Crippen LogP) is 1.88. The van der Waals surface area contributed by atoms with Crippen LogP contribution in [0.15, 0.2) is 36.7 Å². The van der Waals surface area contributed by atoms with Crippen LogP contribution >= 0.6 is 0 Å². The number of hydrogen-bond acceptors (Lipinski definition) is 4. The van der Waals surface area contributed by atoms with Crippen LogP contribution in [0.2, 0.25) is 0 Å². The molecular weight excluding hydrogens is 252 g/mol. The van der Waals surface area contributed by atoms with Crippen LogP contribution in [0.25, 0.3) is 0 Å². The highest BCUT2D eigenvalue weighted by Gasteiger charge is 2.11. The van der Waals surface area contributed by atoms with Crippen LogP contribution in [-0.2, 0) is 13.0 Å². The van der Waals surface area contributed by atoms with Gasteiger partial charge >= 0.3 is 0 Å². The molecule has 0 aliphatic rings. The Morgan fingerprint density at radius 1 is 1.25 bits per heavy atom. The van der Waals surface area contributed by atoms with Crippen molar-refractivity contribution in [2.75, 3.05) is 6.61 Å². The predicted molar refractivity (Wildman–Crippen MR) is 78.5 cm³/mol. The molecule has 0 bridgehead atoms. The van der Waals surface area contributed by atoms with Gasteiger partial charge in [0.25, 0.3) is 0 Å². The first-order valence-corrected chi connectivity index (χ1v) is 6.95. The van der Waals surface area contributed by atoms with Crippen molar-refractivity contribution in [3.63, 3.8) is 0 Å². The Bertz CT molecular complexity index is 510. The zero-order valence-corrected chi connectivity index (χ0v) is 12.1. The third kappa shape index (κ3) is 4.35. The Labute approximate surface area is 119 Å². The molecule has 0 saturated carbocycles. The van der Waals surface area contributed by atoms with Crippen molar-refractivity contribution in [3.8, 4) is 5.75 Å². The van der Waals surface area contributed by atoms with E-state index in [9.17, 15) is 0 Å². The summed E-state index contributed by atoms with van der Waals surface area (Å²) in [5, 5.41) is 4.24. The van der Waals surface area contributed by atoms with E-state index in [2.05, 4.69) is 23.9 Å². The summed E-state index contributed by atoms with van der Waals surface area (Å²) in [5.41, 5.74) is 6.11. The number of nitrogens with two attached hydrogens (primary N) is 1. The first-order chi connectivity index (χ1) is 9.65. The third-order valence-corrected chi connectivity index (χ3v) is 2.89. The van der Waals surface area contributed by atoms with E-state index in [0.29, 0.717) is 18.9 Å². The summed E-state index contributed by atoms with van der Waals surface area (Å²) in [5.74, 6) is 2.29. The van der Waals surface area contributed by atoms with Crippen LogP contribution in [-0.4, -0.2) is 27.4 Å². The Morgan fingerprint density at radius 3 is 2.70 bits per heavy atom. The highest BCUT2D eigenvalue weighted by Crippen LogP contribution is 2.09. The third-order valence-electron chi connectivity index (χ3n) is 2.89. The Balaban J connectivity index is 1.85. The standard InChI is InChI=1S/C15H22N4O/c1-12(2)9-19-15(17-11-18-19)8-13(16)10-20-14-6-4-3-5-7-14/h3-7,11-13H,8-10,16H2,1-2H3. The molecule has 1 atom stereocenters. The molecule has 1 aromatic carbocycles. The van der Waals surface area contributed by atoms with Crippen molar-refractivity contribution >= 4 is 0 Å². The molecule has 5 heteroatoms. The molecule has 20 heavy (non-hydrogen) atoms. The van der Waals surface area contributed by atoms with Crippen LogP contribution < -0.4 is 10.5 Å². The fraction of sp³-hybridized carbons (Fsp3) is 0.467. The summed E-state index contributed by atoms with van der Waals surface area (Å²) in [6, 6.07) is 9.61. The molecule has 1 aromatic heterocycles. The maximum atomic E-state index is 6.11. The van der Waals surface area contributed by atoms with E-state index >= 15 is 0 Å². The van der Waals surface area contributed by atoms with Gasteiger partial charge in [0.15, 0.2) is 0 Å². The first-order valence-electron chi connectivity index (χ1n) is 6.95. The topological polar surface area (TPSA) is 66.0 Å². The summed E-state index contributed by atoms with van der Waals surface area (Å²) < 4.78 is 7.58. The van der Waals surface area contributed by atoms with Crippen LogP contribution in [0.1, 0.15) is 19.7 Å². The maximum absolute atomic E-state index is 6.11. The minimum atomic E-state index is -0.0923. The van der Waals surface area contributed by atoms with Crippen LogP contribution in [0, 0.1) is 5.92 Å². The van der Waals surface area contributed by atoms with Crippen molar-refractivity contribution in [1.29, 1.82) is 0 Å². The second kappa shape index (κ2) is 7.05. The van der Waals surface area contributed by atoms with E-state index in [1.807, 2.05) is 35.0 Å². The molecule has 0 fully saturated rings. The minimum Gasteiger partial charge on any atom is -0.492 e. The molecule has 0 saturated heterocycles. The van der Waals surface area contributed by atoms with Crippen LogP contribution in [0.4, 0.5) is 0 Å². The lowest BCUT2D eigenvalue weighted by Crippen LogP contribution is -2.31. The Morgan fingerprint density at radius 2 is 2.00 bits per heavy atom. The number of aromatic nitrogens is 3. The number of benzene rings is 1. The highest BCUT2D eigenvalue weighted by molar-refractivity contribution is 5.20. The highest BCUT2D eigenvalue weighted by atomic mass is 16.5. The van der Waals surface area contributed by atoms with Gasteiger partial charge in [0.05, 0.1) is 0 Å². The maximum Gasteiger partial charge on any atom is 0.138 e.